The van der Waals surface area contributed by atoms with Crippen LogP contribution < -0.4 is 10.5 Å². The Morgan fingerprint density at radius 2 is 1.62 bits per heavy atom. The molecular formula is C22H18N2O2. The Morgan fingerprint density at radius 3 is 2.42 bits per heavy atom. The van der Waals surface area contributed by atoms with Crippen LogP contribution in [0.25, 0.3) is 21.7 Å². The quantitative estimate of drug-likeness (QED) is 0.602. The van der Waals surface area contributed by atoms with E-state index in [2.05, 4.69) is 4.98 Å². The Hall–Kier alpha value is -3.40. The lowest BCUT2D eigenvalue weighted by atomic mass is 10.1. The van der Waals surface area contributed by atoms with Crippen molar-refractivity contribution in [3.63, 3.8) is 0 Å². The molecule has 26 heavy (non-hydrogen) atoms. The van der Waals surface area contributed by atoms with Gasteiger partial charge >= 0.3 is 0 Å². The van der Waals surface area contributed by atoms with Crippen LogP contribution in [-0.2, 0) is 0 Å². The maximum Gasteiger partial charge on any atom is 0.259 e. The number of aromatic nitrogens is 1. The molecular weight excluding hydrogens is 324 g/mol. The number of carbonyl (C=O) groups is 1. The van der Waals surface area contributed by atoms with E-state index in [0.29, 0.717) is 17.6 Å². The molecule has 4 aromatic rings. The summed E-state index contributed by atoms with van der Waals surface area (Å²) < 4.78 is 0. The van der Waals surface area contributed by atoms with Crippen molar-refractivity contribution in [3.8, 4) is 0 Å². The summed E-state index contributed by atoms with van der Waals surface area (Å²) in [5.74, 6) is -0.175. The number of pyridine rings is 1. The van der Waals surface area contributed by atoms with Crippen molar-refractivity contribution in [2.24, 2.45) is 0 Å². The zero-order chi connectivity index (χ0) is 18.1. The molecule has 3 aromatic carbocycles. The van der Waals surface area contributed by atoms with Gasteiger partial charge in [-0.2, -0.15) is 0 Å². The van der Waals surface area contributed by atoms with E-state index >= 15 is 0 Å². The summed E-state index contributed by atoms with van der Waals surface area (Å²) in [5, 5.41) is 2.84. The summed E-state index contributed by atoms with van der Waals surface area (Å²) in [6, 6.07) is 22.7. The highest BCUT2D eigenvalue weighted by atomic mass is 16.2. The maximum absolute atomic E-state index is 13.4. The lowest BCUT2D eigenvalue weighted by Crippen LogP contribution is -2.31. The highest BCUT2D eigenvalue weighted by Crippen LogP contribution is 2.28. The number of hydrogen-bond acceptors (Lipinski definition) is 2. The minimum absolute atomic E-state index is 0.175. The molecule has 0 radical (unpaired) electrons. The van der Waals surface area contributed by atoms with E-state index in [9.17, 15) is 9.59 Å². The average molecular weight is 342 g/mol. The van der Waals surface area contributed by atoms with Crippen LogP contribution in [0.3, 0.4) is 0 Å². The Balaban J connectivity index is 1.90. The van der Waals surface area contributed by atoms with Gasteiger partial charge in [0.05, 0.1) is 11.3 Å². The molecule has 0 atom stereocenters. The van der Waals surface area contributed by atoms with Crippen LogP contribution in [0.15, 0.2) is 77.6 Å². The number of fused-ring (bicyclic) bond motifs is 2. The van der Waals surface area contributed by atoms with Gasteiger partial charge < -0.3 is 9.88 Å². The van der Waals surface area contributed by atoms with Gasteiger partial charge in [-0.3, -0.25) is 9.59 Å². The Labute approximate surface area is 150 Å². The van der Waals surface area contributed by atoms with Crippen LogP contribution in [0.1, 0.15) is 17.3 Å². The van der Waals surface area contributed by atoms with Crippen molar-refractivity contribution in [2.75, 3.05) is 11.4 Å². The van der Waals surface area contributed by atoms with Gasteiger partial charge in [-0.1, -0.05) is 54.6 Å². The van der Waals surface area contributed by atoms with Crippen LogP contribution in [0, 0.1) is 0 Å². The minimum atomic E-state index is -0.277. The largest absolute Gasteiger partial charge is 0.322 e. The second-order valence-corrected chi connectivity index (χ2v) is 6.14. The first-order valence-electron chi connectivity index (χ1n) is 8.60. The molecule has 128 valence electrons. The van der Waals surface area contributed by atoms with E-state index < -0.39 is 0 Å². The average Bonchev–Trinajstić information content (AvgIpc) is 2.68. The van der Waals surface area contributed by atoms with Gasteiger partial charge in [0.2, 0.25) is 5.56 Å². The van der Waals surface area contributed by atoms with Gasteiger partial charge in [-0.25, -0.2) is 0 Å². The number of anilines is 1. The van der Waals surface area contributed by atoms with Crippen LogP contribution in [-0.4, -0.2) is 17.4 Å². The van der Waals surface area contributed by atoms with Crippen LogP contribution in [0.2, 0.25) is 0 Å². The standard InChI is InChI=1S/C22H18N2O2/c1-2-24(20-13-7-9-15-8-3-4-10-16(15)20)22(26)18-14-21(25)23-19-12-6-5-11-17(18)19/h3-14H,2H2,1H3,(H,23,25). The summed E-state index contributed by atoms with van der Waals surface area (Å²) in [6.45, 7) is 2.45. The predicted molar refractivity (Wildman–Crippen MR) is 106 cm³/mol. The smallest absolute Gasteiger partial charge is 0.259 e. The predicted octanol–water partition coefficient (Wildman–Crippen LogP) is 4.35. The monoisotopic (exact) mass is 342 g/mol. The molecule has 0 saturated carbocycles. The number of hydrogen-bond donors (Lipinski definition) is 1. The van der Waals surface area contributed by atoms with Crippen LogP contribution in [0.5, 0.6) is 0 Å². The molecule has 0 aliphatic carbocycles. The van der Waals surface area contributed by atoms with Crippen molar-refractivity contribution in [3.05, 3.63) is 88.7 Å². The third kappa shape index (κ3) is 2.65. The van der Waals surface area contributed by atoms with E-state index in [1.54, 1.807) is 4.90 Å². The van der Waals surface area contributed by atoms with Crippen molar-refractivity contribution in [1.82, 2.24) is 4.98 Å². The Bertz CT molecular complexity index is 1170. The highest BCUT2D eigenvalue weighted by molar-refractivity contribution is 6.16. The molecule has 1 aromatic heterocycles. The zero-order valence-electron chi connectivity index (χ0n) is 14.4. The second-order valence-electron chi connectivity index (χ2n) is 6.14. The molecule has 1 heterocycles. The number of rotatable bonds is 3. The summed E-state index contributed by atoms with van der Waals surface area (Å²) in [7, 11) is 0. The Morgan fingerprint density at radius 1 is 0.923 bits per heavy atom. The molecule has 0 aliphatic rings. The molecule has 4 heteroatoms. The number of nitrogens with one attached hydrogen (secondary N) is 1. The lowest BCUT2D eigenvalue weighted by molar-refractivity contribution is 0.0990. The number of H-pyrrole nitrogens is 1. The van der Waals surface area contributed by atoms with E-state index in [1.165, 1.54) is 6.07 Å². The SMILES string of the molecule is CCN(C(=O)c1cc(=O)[nH]c2ccccc12)c1cccc2ccccc12. The second kappa shape index (κ2) is 6.48. The van der Waals surface area contributed by atoms with Gasteiger partial charge in [0, 0.05) is 28.9 Å². The molecule has 4 rings (SSSR count). The van der Waals surface area contributed by atoms with Gasteiger partial charge in [0.15, 0.2) is 0 Å². The van der Waals surface area contributed by atoms with E-state index in [4.69, 9.17) is 0 Å². The Kier molecular flexibility index (Phi) is 4.01. The normalized spacial score (nSPS) is 11.0. The molecule has 0 unspecified atom stereocenters. The first kappa shape index (κ1) is 16.1. The fourth-order valence-electron chi connectivity index (χ4n) is 3.39. The van der Waals surface area contributed by atoms with Crippen molar-refractivity contribution in [1.29, 1.82) is 0 Å². The molecule has 0 bridgehead atoms. The lowest BCUT2D eigenvalue weighted by Gasteiger charge is -2.23. The fourth-order valence-corrected chi connectivity index (χ4v) is 3.39. The molecule has 4 nitrogen and oxygen atoms in total. The first-order chi connectivity index (χ1) is 12.7. The number of nitrogens with zero attached hydrogens (tertiary/aromatic N) is 1. The molecule has 1 amide bonds. The number of amides is 1. The third-order valence-corrected chi connectivity index (χ3v) is 4.60. The van der Waals surface area contributed by atoms with Gasteiger partial charge in [0.25, 0.3) is 5.91 Å². The molecule has 0 saturated heterocycles. The van der Waals surface area contributed by atoms with E-state index in [0.717, 1.165) is 21.8 Å². The molecule has 0 spiro atoms. The minimum Gasteiger partial charge on any atom is -0.322 e. The van der Waals surface area contributed by atoms with E-state index in [-0.39, 0.29) is 11.5 Å². The van der Waals surface area contributed by atoms with Crippen molar-refractivity contribution in [2.45, 2.75) is 6.92 Å². The maximum atomic E-state index is 13.4. The van der Waals surface area contributed by atoms with Crippen molar-refractivity contribution < 1.29 is 4.79 Å². The van der Waals surface area contributed by atoms with Gasteiger partial charge in [-0.05, 0) is 24.4 Å². The van der Waals surface area contributed by atoms with Gasteiger partial charge in [0.1, 0.15) is 0 Å². The number of carbonyl (C=O) groups excluding carboxylic acids is 1. The zero-order valence-corrected chi connectivity index (χ0v) is 14.4. The number of benzene rings is 3. The number of para-hydroxylation sites is 1. The highest BCUT2D eigenvalue weighted by Gasteiger charge is 2.20. The summed E-state index contributed by atoms with van der Waals surface area (Å²) in [4.78, 5) is 29.9. The molecule has 0 aliphatic heterocycles. The van der Waals surface area contributed by atoms with E-state index in [1.807, 2.05) is 73.7 Å². The third-order valence-electron chi connectivity index (χ3n) is 4.60. The summed E-state index contributed by atoms with van der Waals surface area (Å²) in [5.41, 5.74) is 1.65. The summed E-state index contributed by atoms with van der Waals surface area (Å²) >= 11 is 0. The van der Waals surface area contributed by atoms with Gasteiger partial charge in [-0.15, -0.1) is 0 Å². The molecule has 0 fully saturated rings. The van der Waals surface area contributed by atoms with Crippen molar-refractivity contribution >= 4 is 33.3 Å². The first-order valence-corrected chi connectivity index (χ1v) is 8.60. The number of aromatic amines is 1. The topological polar surface area (TPSA) is 53.2 Å². The van der Waals surface area contributed by atoms with Crippen LogP contribution >= 0.6 is 0 Å². The fraction of sp³-hybridized carbons (Fsp3) is 0.0909. The van der Waals surface area contributed by atoms with Crippen LogP contribution in [0.4, 0.5) is 5.69 Å². The molecule has 1 N–H and O–H groups in total. The summed E-state index contributed by atoms with van der Waals surface area (Å²) in [6.07, 6.45) is 0.